The first-order valence-corrected chi connectivity index (χ1v) is 13.4. The maximum atomic E-state index is 13.8. The normalized spacial score (nSPS) is 14.8. The number of hydrogen-bond donors (Lipinski definition) is 0. The fraction of sp³-hybridized carbons (Fsp3) is 0.161. The summed E-state index contributed by atoms with van der Waals surface area (Å²) in [7, 11) is 0. The lowest BCUT2D eigenvalue weighted by molar-refractivity contribution is -0.139. The number of hydrogen-bond acceptors (Lipinski definition) is 7. The molecule has 1 aromatic heterocycles. The Kier molecular flexibility index (Phi) is 7.71. The molecule has 0 radical (unpaired) electrons. The fourth-order valence-electron chi connectivity index (χ4n) is 4.54. The highest BCUT2D eigenvalue weighted by Crippen LogP contribution is 2.31. The van der Waals surface area contributed by atoms with Crippen LogP contribution in [0.5, 0.6) is 5.75 Å². The van der Waals surface area contributed by atoms with Gasteiger partial charge in [-0.25, -0.2) is 14.2 Å². The lowest BCUT2D eigenvalue weighted by Gasteiger charge is -2.24. The van der Waals surface area contributed by atoms with Crippen molar-refractivity contribution in [2.75, 3.05) is 6.61 Å². The molecule has 0 saturated carbocycles. The van der Waals surface area contributed by atoms with Crippen LogP contribution < -0.4 is 19.6 Å². The Morgan fingerprint density at radius 1 is 1.12 bits per heavy atom. The Labute approximate surface area is 233 Å². The molecule has 0 unspecified atom stereocenters. The topological polar surface area (TPSA) is 93.7 Å². The molecule has 9 heteroatoms. The zero-order valence-corrected chi connectivity index (χ0v) is 22.6. The predicted octanol–water partition coefficient (Wildman–Crippen LogP) is 4.39. The molecule has 40 heavy (non-hydrogen) atoms. The first kappa shape index (κ1) is 26.8. The Balaban J connectivity index is 1.59. The Morgan fingerprint density at radius 3 is 2.60 bits per heavy atom. The van der Waals surface area contributed by atoms with Crippen LogP contribution in [-0.2, 0) is 16.1 Å². The molecule has 0 saturated heterocycles. The smallest absolute Gasteiger partial charge is 0.338 e. The average Bonchev–Trinajstić information content (AvgIpc) is 3.26. The highest BCUT2D eigenvalue weighted by molar-refractivity contribution is 7.07. The van der Waals surface area contributed by atoms with Crippen molar-refractivity contribution in [2.24, 2.45) is 4.99 Å². The van der Waals surface area contributed by atoms with Gasteiger partial charge < -0.3 is 9.47 Å². The third kappa shape index (κ3) is 5.22. The van der Waals surface area contributed by atoms with Crippen LogP contribution in [-0.4, -0.2) is 17.1 Å². The maximum absolute atomic E-state index is 13.8. The zero-order chi connectivity index (χ0) is 28.2. The van der Waals surface area contributed by atoms with Crippen LogP contribution in [0.3, 0.4) is 0 Å². The van der Waals surface area contributed by atoms with Gasteiger partial charge in [0.05, 0.1) is 40.1 Å². The standard InChI is InChI=1S/C31H24FN3O4S/c1-3-38-30(37)27-19(2)34-31-35(28(27)20-12-14-24(32)15-13-20)29(36)26(40-31)16-21-8-6-7-11-25(21)39-18-23-10-5-4-9-22(23)17-33/h4-16,28H,3,18H2,1-2H3/b26-16-/t28-/m1/s1. The minimum Gasteiger partial charge on any atom is -0.488 e. The maximum Gasteiger partial charge on any atom is 0.338 e. The molecule has 0 aliphatic carbocycles. The summed E-state index contributed by atoms with van der Waals surface area (Å²) >= 11 is 1.19. The number of esters is 1. The second-order valence-electron chi connectivity index (χ2n) is 8.95. The molecular formula is C31H24FN3O4S. The van der Waals surface area contributed by atoms with E-state index in [2.05, 4.69) is 11.1 Å². The molecule has 200 valence electrons. The number of fused-ring (bicyclic) bond motifs is 1. The van der Waals surface area contributed by atoms with Gasteiger partial charge in [-0.05, 0) is 49.8 Å². The van der Waals surface area contributed by atoms with Gasteiger partial charge in [0.25, 0.3) is 5.56 Å². The van der Waals surface area contributed by atoms with Crippen LogP contribution in [0.25, 0.3) is 6.08 Å². The van der Waals surface area contributed by atoms with Crippen LogP contribution in [0.2, 0.25) is 0 Å². The van der Waals surface area contributed by atoms with Crippen molar-refractivity contribution in [2.45, 2.75) is 26.5 Å². The molecule has 1 atom stereocenters. The van der Waals surface area contributed by atoms with Gasteiger partial charge in [-0.15, -0.1) is 0 Å². The summed E-state index contributed by atoms with van der Waals surface area (Å²) in [5.74, 6) is -0.466. The molecule has 3 aromatic carbocycles. The second-order valence-corrected chi connectivity index (χ2v) is 9.96. The van der Waals surface area contributed by atoms with Crippen molar-refractivity contribution < 1.29 is 18.7 Å². The van der Waals surface area contributed by atoms with E-state index in [-0.39, 0.29) is 24.3 Å². The number of nitrogens with zero attached hydrogens (tertiary/aromatic N) is 3. The third-order valence-corrected chi connectivity index (χ3v) is 7.41. The molecular weight excluding hydrogens is 529 g/mol. The van der Waals surface area contributed by atoms with Gasteiger partial charge in [-0.1, -0.05) is 59.9 Å². The molecule has 4 aromatic rings. The van der Waals surface area contributed by atoms with Crippen LogP contribution in [0, 0.1) is 17.1 Å². The third-order valence-electron chi connectivity index (χ3n) is 6.43. The van der Waals surface area contributed by atoms with E-state index in [9.17, 15) is 19.2 Å². The summed E-state index contributed by atoms with van der Waals surface area (Å²) in [6, 6.07) is 21.5. The number of rotatable bonds is 7. The summed E-state index contributed by atoms with van der Waals surface area (Å²) < 4.78 is 27.0. The molecule has 5 rings (SSSR count). The monoisotopic (exact) mass is 553 g/mol. The van der Waals surface area contributed by atoms with Crippen molar-refractivity contribution in [3.05, 3.63) is 132 Å². The molecule has 7 nitrogen and oxygen atoms in total. The van der Waals surface area contributed by atoms with Crippen molar-refractivity contribution in [1.29, 1.82) is 5.26 Å². The van der Waals surface area contributed by atoms with Crippen molar-refractivity contribution in [3.8, 4) is 11.8 Å². The lowest BCUT2D eigenvalue weighted by atomic mass is 9.96. The van der Waals surface area contributed by atoms with E-state index in [1.54, 1.807) is 50.3 Å². The van der Waals surface area contributed by atoms with Gasteiger partial charge in [0.1, 0.15) is 18.2 Å². The number of nitriles is 1. The van der Waals surface area contributed by atoms with Crippen molar-refractivity contribution in [3.63, 3.8) is 0 Å². The quantitative estimate of drug-likeness (QED) is 0.317. The molecule has 0 spiro atoms. The largest absolute Gasteiger partial charge is 0.488 e. The first-order valence-electron chi connectivity index (χ1n) is 12.6. The summed E-state index contributed by atoms with van der Waals surface area (Å²) in [4.78, 5) is 31.8. The Hall–Kier alpha value is -4.81. The second kappa shape index (κ2) is 11.5. The van der Waals surface area contributed by atoms with Crippen LogP contribution in [0.4, 0.5) is 4.39 Å². The lowest BCUT2D eigenvalue weighted by Crippen LogP contribution is -2.39. The Bertz CT molecular complexity index is 1850. The van der Waals surface area contributed by atoms with Gasteiger partial charge in [0, 0.05) is 11.1 Å². The molecule has 0 fully saturated rings. The number of thiazole rings is 1. The highest BCUT2D eigenvalue weighted by Gasteiger charge is 2.33. The molecule has 0 amide bonds. The number of aromatic nitrogens is 1. The van der Waals surface area contributed by atoms with E-state index in [4.69, 9.17) is 9.47 Å². The highest BCUT2D eigenvalue weighted by atomic mass is 32.1. The summed E-state index contributed by atoms with van der Waals surface area (Å²) in [5.41, 5.74) is 2.82. The van der Waals surface area contributed by atoms with E-state index < -0.39 is 17.8 Å². The molecule has 2 heterocycles. The minimum atomic E-state index is -0.827. The van der Waals surface area contributed by atoms with E-state index in [0.717, 1.165) is 5.56 Å². The van der Waals surface area contributed by atoms with E-state index in [1.165, 1.54) is 28.0 Å². The van der Waals surface area contributed by atoms with Crippen molar-refractivity contribution >= 4 is 23.4 Å². The van der Waals surface area contributed by atoms with Gasteiger partial charge in [-0.3, -0.25) is 9.36 Å². The van der Waals surface area contributed by atoms with Crippen LogP contribution in [0.1, 0.15) is 42.1 Å². The number of carbonyl (C=O) groups is 1. The number of benzene rings is 3. The fourth-order valence-corrected chi connectivity index (χ4v) is 5.57. The minimum absolute atomic E-state index is 0.159. The molecule has 0 bridgehead atoms. The van der Waals surface area contributed by atoms with E-state index in [1.807, 2.05) is 30.3 Å². The number of ether oxygens (including phenoxy) is 2. The van der Waals surface area contributed by atoms with E-state index >= 15 is 0 Å². The molecule has 0 N–H and O–H groups in total. The number of allylic oxidation sites excluding steroid dienone is 1. The SMILES string of the molecule is CCOC(=O)C1=C(C)N=c2s/c(=C\c3ccccc3OCc3ccccc3C#N)c(=O)n2[C@@H]1c1ccc(F)cc1. The average molecular weight is 554 g/mol. The van der Waals surface area contributed by atoms with Crippen LogP contribution in [0.15, 0.2) is 93.9 Å². The van der Waals surface area contributed by atoms with Crippen molar-refractivity contribution in [1.82, 2.24) is 4.57 Å². The number of carbonyl (C=O) groups excluding carboxylic acids is 1. The van der Waals surface area contributed by atoms with E-state index in [0.29, 0.717) is 37.5 Å². The van der Waals surface area contributed by atoms with Gasteiger partial charge in [0.2, 0.25) is 0 Å². The summed E-state index contributed by atoms with van der Waals surface area (Å²) in [6.07, 6.45) is 1.72. The Morgan fingerprint density at radius 2 is 1.85 bits per heavy atom. The van der Waals surface area contributed by atoms with Crippen LogP contribution >= 0.6 is 11.3 Å². The summed E-state index contributed by atoms with van der Waals surface area (Å²) in [5, 5.41) is 9.39. The molecule has 1 aliphatic heterocycles. The van der Waals surface area contributed by atoms with Gasteiger partial charge >= 0.3 is 5.97 Å². The van der Waals surface area contributed by atoms with Gasteiger partial charge in [0.15, 0.2) is 4.80 Å². The predicted molar refractivity (Wildman–Crippen MR) is 149 cm³/mol. The number of para-hydroxylation sites is 1. The number of halogens is 1. The zero-order valence-electron chi connectivity index (χ0n) is 21.8. The molecule has 1 aliphatic rings. The summed E-state index contributed by atoms with van der Waals surface area (Å²) in [6.45, 7) is 3.74. The first-order chi connectivity index (χ1) is 19.4. The van der Waals surface area contributed by atoms with Gasteiger partial charge in [-0.2, -0.15) is 5.26 Å².